The number of imidazole rings is 2. The Kier molecular flexibility index (Phi) is 12.0. The van der Waals surface area contributed by atoms with E-state index in [9.17, 15) is 19.2 Å². The second-order valence-electron chi connectivity index (χ2n) is 17.1. The number of carbonyl (C=O) groups is 4. The number of benzene rings is 3. The smallest absolute Gasteiger partial charge is 0.410 e. The molecule has 318 valence electrons. The second-order valence-corrected chi connectivity index (χ2v) is 17.1. The molecule has 4 atom stereocenters. The fraction of sp³-hybridized carbons (Fsp3) is 0.404. The summed E-state index contributed by atoms with van der Waals surface area (Å²) >= 11 is 0. The highest BCUT2D eigenvalue weighted by Crippen LogP contribution is 2.36. The van der Waals surface area contributed by atoms with E-state index in [1.54, 1.807) is 16.0 Å². The second kappa shape index (κ2) is 17.6. The lowest BCUT2D eigenvalue weighted by atomic mass is 10.0. The lowest BCUT2D eigenvalue weighted by Crippen LogP contribution is -2.54. The topological polar surface area (TPSA) is 166 Å². The van der Waals surface area contributed by atoms with Crippen LogP contribution in [0.25, 0.3) is 33.6 Å². The van der Waals surface area contributed by atoms with E-state index in [2.05, 4.69) is 63.8 Å². The van der Waals surface area contributed by atoms with Crippen LogP contribution in [-0.2, 0) is 19.1 Å². The van der Waals surface area contributed by atoms with Gasteiger partial charge in [-0.3, -0.25) is 14.5 Å². The Morgan fingerprint density at radius 2 is 1.20 bits per heavy atom. The van der Waals surface area contributed by atoms with Gasteiger partial charge in [0.15, 0.2) is 0 Å². The Balaban J connectivity index is 0.914. The highest BCUT2D eigenvalue weighted by Gasteiger charge is 2.42. The molecule has 5 heterocycles. The van der Waals surface area contributed by atoms with E-state index in [0.717, 1.165) is 78.0 Å². The maximum Gasteiger partial charge on any atom is 0.410 e. The van der Waals surface area contributed by atoms with E-state index in [-0.39, 0.29) is 23.9 Å². The lowest BCUT2D eigenvalue weighted by molar-refractivity contribution is -0.139. The molecule has 3 aromatic carbocycles. The number of likely N-dealkylation sites (tertiary alicyclic amines) is 3. The van der Waals surface area contributed by atoms with Crippen molar-refractivity contribution in [2.24, 2.45) is 0 Å². The Morgan fingerprint density at radius 3 is 1.75 bits per heavy atom. The van der Waals surface area contributed by atoms with Gasteiger partial charge in [0.05, 0.1) is 43.0 Å². The number of H-pyrrole nitrogens is 2. The number of nitrogens with zero attached hydrogens (tertiary/aromatic N) is 5. The summed E-state index contributed by atoms with van der Waals surface area (Å²) in [6.07, 6.45) is 8.15. The third kappa shape index (κ3) is 9.03. The Bertz CT molecular complexity index is 2330. The van der Waals surface area contributed by atoms with Crippen molar-refractivity contribution < 1.29 is 28.7 Å². The molecule has 0 unspecified atom stereocenters. The minimum Gasteiger partial charge on any atom is -0.453 e. The average Bonchev–Trinajstić information content (AvgIpc) is 4.12. The zero-order valence-corrected chi connectivity index (χ0v) is 35.2. The van der Waals surface area contributed by atoms with Crippen molar-refractivity contribution in [3.05, 3.63) is 108 Å². The molecule has 0 aliphatic carbocycles. The van der Waals surface area contributed by atoms with Crippen molar-refractivity contribution >= 4 is 24.0 Å². The number of aromatic amines is 2. The number of hydrogen-bond donors (Lipinski definition) is 3. The Labute approximate surface area is 356 Å². The molecule has 0 bridgehead atoms. The van der Waals surface area contributed by atoms with E-state index in [1.165, 1.54) is 7.11 Å². The van der Waals surface area contributed by atoms with Crippen molar-refractivity contribution in [3.8, 4) is 33.6 Å². The van der Waals surface area contributed by atoms with Crippen molar-refractivity contribution in [1.82, 2.24) is 40.0 Å². The van der Waals surface area contributed by atoms with E-state index >= 15 is 0 Å². The standard InChI is InChI=1S/C47H54N8O6/c1-47(2,3)61-46(59)55-25-9-8-14-39(55)43(56)53-26-10-15-37(53)41-48-28-35(50-41)32-21-17-30(18-22-32)31-19-23-33(24-20-31)36-29-49-42(51-36)38-16-11-27-54(38)44(57)40(52-45(58)60-4)34-12-6-5-7-13-34/h5-7,12-13,17-24,28-29,37-40H,8-11,14-16,25-27H2,1-4H3,(H,48,50)(H,49,51)(H,52,58)/t37-,38-,39+,40+/m0/s1. The third-order valence-electron chi connectivity index (χ3n) is 11.9. The minimum atomic E-state index is -0.880. The fourth-order valence-electron chi connectivity index (χ4n) is 8.81. The van der Waals surface area contributed by atoms with Crippen LogP contribution in [0.5, 0.6) is 0 Å². The number of hydrogen-bond acceptors (Lipinski definition) is 8. The van der Waals surface area contributed by atoms with E-state index in [4.69, 9.17) is 19.4 Å². The van der Waals surface area contributed by atoms with Gasteiger partial charge in [0.1, 0.15) is 29.3 Å². The number of ether oxygens (including phenoxy) is 2. The highest BCUT2D eigenvalue weighted by molar-refractivity contribution is 5.88. The first-order valence-corrected chi connectivity index (χ1v) is 21.3. The van der Waals surface area contributed by atoms with Gasteiger partial charge in [-0.25, -0.2) is 19.6 Å². The number of piperidine rings is 1. The van der Waals surface area contributed by atoms with Crippen LogP contribution in [0.15, 0.2) is 91.3 Å². The summed E-state index contributed by atoms with van der Waals surface area (Å²) in [5.41, 5.74) is 5.83. The van der Waals surface area contributed by atoms with Gasteiger partial charge in [-0.15, -0.1) is 0 Å². The van der Waals surface area contributed by atoms with Crippen molar-refractivity contribution in [3.63, 3.8) is 0 Å². The predicted octanol–water partition coefficient (Wildman–Crippen LogP) is 8.35. The van der Waals surface area contributed by atoms with Crippen LogP contribution in [0, 0.1) is 0 Å². The maximum atomic E-state index is 14.0. The van der Waals surface area contributed by atoms with Gasteiger partial charge < -0.3 is 34.6 Å². The zero-order chi connectivity index (χ0) is 42.7. The molecular formula is C47H54N8O6. The van der Waals surface area contributed by atoms with Crippen molar-refractivity contribution in [2.75, 3.05) is 26.7 Å². The number of carbonyl (C=O) groups excluding carboxylic acids is 4. The highest BCUT2D eigenvalue weighted by atomic mass is 16.6. The molecule has 61 heavy (non-hydrogen) atoms. The summed E-state index contributed by atoms with van der Waals surface area (Å²) in [5.74, 6) is 1.21. The van der Waals surface area contributed by atoms with Crippen LogP contribution in [-0.4, -0.2) is 97.0 Å². The number of aromatic nitrogens is 4. The molecule has 0 saturated carbocycles. The molecule has 14 heteroatoms. The van der Waals surface area contributed by atoms with E-state index < -0.39 is 29.9 Å². The molecule has 3 aliphatic heterocycles. The van der Waals surface area contributed by atoms with Crippen molar-refractivity contribution in [1.29, 1.82) is 0 Å². The maximum absolute atomic E-state index is 14.0. The molecule has 3 aliphatic rings. The molecule has 0 radical (unpaired) electrons. The largest absolute Gasteiger partial charge is 0.453 e. The lowest BCUT2D eigenvalue weighted by Gasteiger charge is -2.38. The SMILES string of the molecule is COC(=O)N[C@@H](C(=O)N1CCC[C@H]1c1ncc(-c2ccc(-c3ccc(-c4cnc([C@@H]5CCCN5C(=O)[C@H]5CCCCN5C(=O)OC(C)(C)C)[nH]4)cc3)cc2)[nH]1)c1ccccc1. The van der Waals surface area contributed by atoms with Gasteiger partial charge in [-0.2, -0.15) is 0 Å². The molecule has 0 spiro atoms. The zero-order valence-electron chi connectivity index (χ0n) is 35.2. The average molecular weight is 827 g/mol. The molecule has 4 amide bonds. The number of nitrogens with one attached hydrogen (secondary N) is 3. The quantitative estimate of drug-likeness (QED) is 0.133. The molecule has 3 fully saturated rings. The number of alkyl carbamates (subject to hydrolysis) is 1. The summed E-state index contributed by atoms with van der Waals surface area (Å²) in [4.78, 5) is 74.9. The summed E-state index contributed by atoms with van der Waals surface area (Å²) in [6.45, 7) is 7.22. The van der Waals surface area contributed by atoms with Gasteiger partial charge in [-0.1, -0.05) is 78.9 Å². The summed E-state index contributed by atoms with van der Waals surface area (Å²) in [6, 6.07) is 23.9. The first kappa shape index (κ1) is 41.3. The molecule has 14 nitrogen and oxygen atoms in total. The van der Waals surface area contributed by atoms with Gasteiger partial charge in [-0.05, 0) is 93.5 Å². The Morgan fingerprint density at radius 1 is 0.672 bits per heavy atom. The van der Waals surface area contributed by atoms with Crippen molar-refractivity contribution in [2.45, 2.75) is 95.5 Å². The first-order valence-electron chi connectivity index (χ1n) is 21.3. The summed E-state index contributed by atoms with van der Waals surface area (Å²) in [5, 5.41) is 2.72. The number of rotatable bonds is 9. The minimum absolute atomic E-state index is 0.0367. The molecule has 2 aromatic heterocycles. The Hall–Kier alpha value is -6.44. The number of methoxy groups -OCH3 is 1. The number of amides is 4. The van der Waals surface area contributed by atoms with Crippen LogP contribution in [0.3, 0.4) is 0 Å². The first-order chi connectivity index (χ1) is 29.5. The van der Waals surface area contributed by atoms with Gasteiger partial charge in [0, 0.05) is 19.6 Å². The van der Waals surface area contributed by atoms with Gasteiger partial charge >= 0.3 is 12.2 Å². The monoisotopic (exact) mass is 826 g/mol. The van der Waals surface area contributed by atoms with E-state index in [0.29, 0.717) is 37.4 Å². The predicted molar refractivity (Wildman–Crippen MR) is 230 cm³/mol. The molecule has 3 N–H and O–H groups in total. The van der Waals surface area contributed by atoms with Gasteiger partial charge in [0.2, 0.25) is 5.91 Å². The molecule has 8 rings (SSSR count). The third-order valence-corrected chi connectivity index (χ3v) is 11.9. The van der Waals surface area contributed by atoms with Crippen LogP contribution < -0.4 is 5.32 Å². The van der Waals surface area contributed by atoms with Crippen LogP contribution in [0.2, 0.25) is 0 Å². The normalized spacial score (nSPS) is 19.7. The molecule has 5 aromatic rings. The molecular weight excluding hydrogens is 773 g/mol. The van der Waals surface area contributed by atoms with Crippen LogP contribution >= 0.6 is 0 Å². The molecule has 3 saturated heterocycles. The van der Waals surface area contributed by atoms with Crippen LogP contribution in [0.1, 0.15) is 101 Å². The van der Waals surface area contributed by atoms with Crippen LogP contribution in [0.4, 0.5) is 9.59 Å². The van der Waals surface area contributed by atoms with Gasteiger partial charge in [0.25, 0.3) is 5.91 Å². The van der Waals surface area contributed by atoms with E-state index in [1.807, 2.05) is 62.2 Å². The summed E-state index contributed by atoms with van der Waals surface area (Å²) < 4.78 is 10.5. The fourth-order valence-corrected chi connectivity index (χ4v) is 8.81. The summed E-state index contributed by atoms with van der Waals surface area (Å²) in [7, 11) is 1.28.